The van der Waals surface area contributed by atoms with Crippen molar-refractivity contribution in [1.82, 2.24) is 4.98 Å². The van der Waals surface area contributed by atoms with Crippen molar-refractivity contribution in [2.45, 2.75) is 25.2 Å². The number of carbonyl (C=O) groups excluding carboxylic acids is 1. The van der Waals surface area contributed by atoms with E-state index < -0.39 is 5.92 Å². The summed E-state index contributed by atoms with van der Waals surface area (Å²) in [5.41, 5.74) is 3.32. The largest absolute Gasteiger partial charge is 0.507 e. The topological polar surface area (TPSA) is 77.3 Å². The van der Waals surface area contributed by atoms with Crippen molar-refractivity contribution in [2.75, 3.05) is 4.90 Å². The van der Waals surface area contributed by atoms with Crippen LogP contribution in [0, 0.1) is 5.41 Å². The second-order valence-corrected chi connectivity index (χ2v) is 9.75. The number of halogens is 3. The van der Waals surface area contributed by atoms with Gasteiger partial charge in [0.25, 0.3) is 0 Å². The van der Waals surface area contributed by atoms with Crippen LogP contribution in [0.4, 0.5) is 5.69 Å². The van der Waals surface area contributed by atoms with Crippen molar-refractivity contribution in [3.8, 4) is 0 Å². The number of aromatic nitrogens is 1. The number of rotatable bonds is 3. The van der Waals surface area contributed by atoms with Gasteiger partial charge in [0.1, 0.15) is 11.6 Å². The lowest BCUT2D eigenvalue weighted by Crippen LogP contribution is -2.42. The Hall–Kier alpha value is -3.12. The van der Waals surface area contributed by atoms with Crippen LogP contribution in [0.15, 0.2) is 83.8 Å². The standard InChI is InChI=1S/C27H20Cl3N3O2/c28-17-8-6-15(7-9-17)26(35)25-23(16-3-2-10-32-14-16)24-21(4-1-5-22(24)34)33(27(25)31)20-12-18(29)11-19(30)13-20/h2-3,6-14,23,31,35H,1,4-5H2/b26-25+,31-27?. The molecule has 0 amide bonds. The highest BCUT2D eigenvalue weighted by Gasteiger charge is 2.43. The number of benzene rings is 2. The highest BCUT2D eigenvalue weighted by molar-refractivity contribution is 6.35. The molecule has 0 fully saturated rings. The van der Waals surface area contributed by atoms with E-state index >= 15 is 0 Å². The number of hydrogen-bond acceptors (Lipinski definition) is 4. The normalized spacial score (nSPS) is 19.6. The molecule has 5 rings (SSSR count). The van der Waals surface area contributed by atoms with Gasteiger partial charge in [-0.25, -0.2) is 0 Å². The predicted molar refractivity (Wildman–Crippen MR) is 141 cm³/mol. The summed E-state index contributed by atoms with van der Waals surface area (Å²) in [4.78, 5) is 19.4. The number of amidine groups is 1. The van der Waals surface area contributed by atoms with E-state index in [1.165, 1.54) is 0 Å². The van der Waals surface area contributed by atoms with Crippen LogP contribution in [0.1, 0.15) is 36.3 Å². The van der Waals surface area contributed by atoms with Crippen LogP contribution in [0.3, 0.4) is 0 Å². The average Bonchev–Trinajstić information content (AvgIpc) is 2.83. The van der Waals surface area contributed by atoms with E-state index in [0.29, 0.717) is 62.4 Å². The molecule has 1 unspecified atom stereocenters. The molecular weight excluding hydrogens is 505 g/mol. The molecule has 0 radical (unpaired) electrons. The number of hydrogen-bond donors (Lipinski definition) is 2. The van der Waals surface area contributed by atoms with E-state index in [1.54, 1.807) is 65.8 Å². The van der Waals surface area contributed by atoms with Crippen LogP contribution in [0.2, 0.25) is 15.1 Å². The number of carbonyl (C=O) groups is 1. The molecule has 0 saturated heterocycles. The van der Waals surface area contributed by atoms with Crippen molar-refractivity contribution >= 4 is 57.9 Å². The number of aliphatic hydroxyl groups excluding tert-OH is 1. The lowest BCUT2D eigenvalue weighted by atomic mass is 9.74. The summed E-state index contributed by atoms with van der Waals surface area (Å²) in [6.07, 6.45) is 4.98. The number of ketones is 1. The third kappa shape index (κ3) is 4.36. The van der Waals surface area contributed by atoms with Gasteiger partial charge in [0, 0.05) is 62.2 Å². The molecule has 0 bridgehead atoms. The van der Waals surface area contributed by atoms with Crippen molar-refractivity contribution in [3.63, 3.8) is 0 Å². The molecule has 2 aliphatic rings. The SMILES string of the molecule is N=C1/C(=C(/O)c2ccc(Cl)cc2)C(c2cccnc2)C2=C(CCCC2=O)N1c1cc(Cl)cc(Cl)c1. The van der Waals surface area contributed by atoms with Gasteiger partial charge in [0.2, 0.25) is 0 Å². The Bertz CT molecular complexity index is 1380. The number of nitrogens with zero attached hydrogens (tertiary/aromatic N) is 2. The first-order valence-electron chi connectivity index (χ1n) is 11.1. The number of Topliss-reactive ketones (excluding diaryl/α,β-unsaturated/α-hetero) is 1. The Balaban J connectivity index is 1.83. The maximum absolute atomic E-state index is 13.4. The minimum absolute atomic E-state index is 0.0212. The lowest BCUT2D eigenvalue weighted by Gasteiger charge is -2.41. The Morgan fingerprint density at radius 3 is 2.37 bits per heavy atom. The third-order valence-corrected chi connectivity index (χ3v) is 6.94. The van der Waals surface area contributed by atoms with Gasteiger partial charge < -0.3 is 5.11 Å². The Kier molecular flexibility index (Phi) is 6.41. The fourth-order valence-electron chi connectivity index (χ4n) is 4.79. The van der Waals surface area contributed by atoms with Gasteiger partial charge in [0.15, 0.2) is 5.78 Å². The second kappa shape index (κ2) is 9.50. The Labute approximate surface area is 217 Å². The first-order chi connectivity index (χ1) is 16.8. The van der Waals surface area contributed by atoms with Crippen LogP contribution < -0.4 is 4.90 Å². The molecule has 0 spiro atoms. The van der Waals surface area contributed by atoms with Crippen LogP contribution in [0.25, 0.3) is 5.76 Å². The minimum Gasteiger partial charge on any atom is -0.507 e. The molecule has 2 heterocycles. The molecule has 0 saturated carbocycles. The first kappa shape index (κ1) is 23.6. The molecule has 1 aliphatic heterocycles. The van der Waals surface area contributed by atoms with Gasteiger partial charge in [-0.3, -0.25) is 20.1 Å². The zero-order valence-corrected chi connectivity index (χ0v) is 20.7. The summed E-state index contributed by atoms with van der Waals surface area (Å²) < 4.78 is 0. The van der Waals surface area contributed by atoms with Gasteiger partial charge in [-0.1, -0.05) is 40.9 Å². The van der Waals surface area contributed by atoms with E-state index in [1.807, 2.05) is 6.07 Å². The fourth-order valence-corrected chi connectivity index (χ4v) is 5.43. The molecule has 35 heavy (non-hydrogen) atoms. The molecule has 1 aliphatic carbocycles. The minimum atomic E-state index is -0.652. The van der Waals surface area contributed by atoms with Gasteiger partial charge in [-0.05, 0) is 66.9 Å². The van der Waals surface area contributed by atoms with Gasteiger partial charge in [-0.2, -0.15) is 0 Å². The number of anilines is 1. The summed E-state index contributed by atoms with van der Waals surface area (Å²) in [6, 6.07) is 15.4. The van der Waals surface area contributed by atoms with E-state index in [4.69, 9.17) is 34.8 Å². The van der Waals surface area contributed by atoms with Crippen molar-refractivity contribution < 1.29 is 9.90 Å². The van der Waals surface area contributed by atoms with Crippen LogP contribution >= 0.6 is 34.8 Å². The van der Waals surface area contributed by atoms with Crippen molar-refractivity contribution in [3.05, 3.63) is 110 Å². The quantitative estimate of drug-likeness (QED) is 0.346. The summed E-state index contributed by atoms with van der Waals surface area (Å²) in [5, 5.41) is 22.2. The Morgan fingerprint density at radius 2 is 1.71 bits per heavy atom. The number of allylic oxidation sites excluding steroid dienone is 2. The molecule has 2 N–H and O–H groups in total. The van der Waals surface area contributed by atoms with Crippen LogP contribution in [0.5, 0.6) is 0 Å². The summed E-state index contributed by atoms with van der Waals surface area (Å²) in [6.45, 7) is 0. The van der Waals surface area contributed by atoms with E-state index in [0.717, 1.165) is 5.56 Å². The van der Waals surface area contributed by atoms with Gasteiger partial charge in [-0.15, -0.1) is 0 Å². The third-order valence-electron chi connectivity index (χ3n) is 6.25. The van der Waals surface area contributed by atoms with Crippen molar-refractivity contribution in [1.29, 1.82) is 5.41 Å². The summed E-state index contributed by atoms with van der Waals surface area (Å²) in [5.74, 6) is -0.741. The maximum Gasteiger partial charge on any atom is 0.161 e. The molecule has 5 nitrogen and oxygen atoms in total. The fraction of sp³-hybridized carbons (Fsp3) is 0.148. The molecule has 176 valence electrons. The van der Waals surface area contributed by atoms with Crippen LogP contribution in [-0.4, -0.2) is 21.7 Å². The monoisotopic (exact) mass is 523 g/mol. The molecule has 3 aromatic rings. The number of nitrogens with one attached hydrogen (secondary N) is 1. The zero-order chi connectivity index (χ0) is 24.7. The number of pyridine rings is 1. The molecule has 1 atom stereocenters. The van der Waals surface area contributed by atoms with Crippen LogP contribution in [-0.2, 0) is 4.79 Å². The van der Waals surface area contributed by atoms with Gasteiger partial charge >= 0.3 is 0 Å². The van der Waals surface area contributed by atoms with E-state index in [2.05, 4.69) is 4.98 Å². The van der Waals surface area contributed by atoms with E-state index in [9.17, 15) is 15.3 Å². The predicted octanol–water partition coefficient (Wildman–Crippen LogP) is 7.60. The second-order valence-electron chi connectivity index (χ2n) is 8.44. The van der Waals surface area contributed by atoms with Crippen molar-refractivity contribution in [2.24, 2.45) is 0 Å². The number of aliphatic hydroxyl groups is 1. The smallest absolute Gasteiger partial charge is 0.161 e. The molecule has 2 aromatic carbocycles. The summed E-state index contributed by atoms with van der Waals surface area (Å²) in [7, 11) is 0. The highest BCUT2D eigenvalue weighted by Crippen LogP contribution is 2.48. The average molecular weight is 525 g/mol. The first-order valence-corrected chi connectivity index (χ1v) is 12.2. The molecule has 1 aromatic heterocycles. The molecular formula is C27H20Cl3N3O2. The maximum atomic E-state index is 13.4. The zero-order valence-electron chi connectivity index (χ0n) is 18.4. The lowest BCUT2D eigenvalue weighted by molar-refractivity contribution is -0.116. The molecule has 8 heteroatoms. The highest BCUT2D eigenvalue weighted by atomic mass is 35.5. The Morgan fingerprint density at radius 1 is 1.00 bits per heavy atom. The van der Waals surface area contributed by atoms with E-state index in [-0.39, 0.29) is 17.4 Å². The van der Waals surface area contributed by atoms with Gasteiger partial charge in [0.05, 0.1) is 5.69 Å². The summed E-state index contributed by atoms with van der Waals surface area (Å²) >= 11 is 18.7.